The lowest BCUT2D eigenvalue weighted by Crippen LogP contribution is -2.39. The quantitative estimate of drug-likeness (QED) is 0.634. The average Bonchev–Trinajstić information content (AvgIpc) is 1.99. The lowest BCUT2D eigenvalue weighted by Gasteiger charge is -2.25. The molecule has 0 aromatic heterocycles. The molecule has 0 spiro atoms. The minimum atomic E-state index is 0.286. The van der Waals surface area contributed by atoms with Gasteiger partial charge in [-0.05, 0) is 34.0 Å². The Morgan fingerprint density at radius 2 is 1.77 bits per heavy atom. The van der Waals surface area contributed by atoms with E-state index in [1.54, 1.807) is 0 Å². The van der Waals surface area contributed by atoms with Gasteiger partial charge < -0.3 is 15.5 Å². The van der Waals surface area contributed by atoms with Crippen molar-refractivity contribution in [3.05, 3.63) is 0 Å². The van der Waals surface area contributed by atoms with E-state index in [-0.39, 0.29) is 6.04 Å². The molecule has 1 atom stereocenters. The molecular weight excluding hydrogens is 162 g/mol. The molecule has 0 saturated carbocycles. The van der Waals surface area contributed by atoms with E-state index in [1.165, 1.54) is 6.42 Å². The van der Waals surface area contributed by atoms with Crippen molar-refractivity contribution in [2.75, 3.05) is 40.3 Å². The van der Waals surface area contributed by atoms with E-state index in [0.29, 0.717) is 0 Å². The molecule has 0 heterocycles. The predicted molar refractivity (Wildman–Crippen MR) is 58.9 cm³/mol. The molecule has 0 aliphatic heterocycles. The van der Waals surface area contributed by atoms with Gasteiger partial charge in [0.25, 0.3) is 0 Å². The van der Waals surface area contributed by atoms with Crippen molar-refractivity contribution in [2.45, 2.75) is 26.3 Å². The number of hydrogen-bond donors (Lipinski definition) is 1. The zero-order chi connectivity index (χ0) is 10.3. The average molecular weight is 187 g/mol. The van der Waals surface area contributed by atoms with Crippen molar-refractivity contribution in [2.24, 2.45) is 5.73 Å². The highest BCUT2D eigenvalue weighted by Gasteiger charge is 2.06. The molecule has 0 aromatic rings. The molecule has 0 radical (unpaired) electrons. The van der Waals surface area contributed by atoms with Gasteiger partial charge in [0, 0.05) is 25.7 Å². The van der Waals surface area contributed by atoms with Crippen LogP contribution >= 0.6 is 0 Å². The molecule has 0 saturated heterocycles. The van der Waals surface area contributed by atoms with Crippen molar-refractivity contribution in [3.63, 3.8) is 0 Å². The third-order valence-electron chi connectivity index (χ3n) is 1.95. The van der Waals surface area contributed by atoms with Crippen molar-refractivity contribution in [1.82, 2.24) is 9.80 Å². The van der Waals surface area contributed by atoms with Gasteiger partial charge in [-0.15, -0.1) is 0 Å². The molecule has 13 heavy (non-hydrogen) atoms. The molecule has 0 amide bonds. The van der Waals surface area contributed by atoms with Crippen molar-refractivity contribution in [1.29, 1.82) is 0 Å². The second-order valence-corrected chi connectivity index (χ2v) is 4.08. The van der Waals surface area contributed by atoms with E-state index in [9.17, 15) is 0 Å². The zero-order valence-corrected chi connectivity index (χ0v) is 9.58. The highest BCUT2D eigenvalue weighted by Crippen LogP contribution is 1.93. The zero-order valence-electron chi connectivity index (χ0n) is 9.58. The fourth-order valence-corrected chi connectivity index (χ4v) is 1.36. The normalized spacial score (nSPS) is 14.1. The van der Waals surface area contributed by atoms with Crippen molar-refractivity contribution in [3.8, 4) is 0 Å². The van der Waals surface area contributed by atoms with E-state index in [1.807, 2.05) is 0 Å². The Morgan fingerprint density at radius 3 is 2.15 bits per heavy atom. The number of likely N-dealkylation sites (N-methyl/N-ethyl adjacent to an activating group) is 1. The molecule has 0 rings (SSSR count). The van der Waals surface area contributed by atoms with Gasteiger partial charge in [0.15, 0.2) is 0 Å². The molecule has 0 fully saturated rings. The summed E-state index contributed by atoms with van der Waals surface area (Å²) >= 11 is 0. The number of nitrogens with two attached hydrogens (primary N) is 1. The topological polar surface area (TPSA) is 32.5 Å². The Kier molecular flexibility index (Phi) is 7.23. The summed E-state index contributed by atoms with van der Waals surface area (Å²) in [6.45, 7) is 8.70. The second-order valence-electron chi connectivity index (χ2n) is 4.08. The maximum absolute atomic E-state index is 5.77. The number of nitrogens with zero attached hydrogens (tertiary/aromatic N) is 2. The van der Waals surface area contributed by atoms with Crippen LogP contribution in [0.5, 0.6) is 0 Å². The van der Waals surface area contributed by atoms with Crippen LogP contribution < -0.4 is 5.73 Å². The molecule has 3 nitrogen and oxygen atoms in total. The van der Waals surface area contributed by atoms with Gasteiger partial charge in [0.2, 0.25) is 0 Å². The fourth-order valence-electron chi connectivity index (χ4n) is 1.36. The molecule has 0 bridgehead atoms. The lowest BCUT2D eigenvalue weighted by molar-refractivity contribution is 0.232. The predicted octanol–water partition coefficient (Wildman–Crippen LogP) is 0.607. The summed E-state index contributed by atoms with van der Waals surface area (Å²) in [5.41, 5.74) is 5.77. The standard InChI is InChI=1S/C10H25N3/c1-5-6-13(9-10(2)11)8-7-12(3)4/h10H,5-9,11H2,1-4H3. The third-order valence-corrected chi connectivity index (χ3v) is 1.95. The first-order valence-corrected chi connectivity index (χ1v) is 5.19. The fraction of sp³-hybridized carbons (Fsp3) is 1.00. The largest absolute Gasteiger partial charge is 0.327 e. The van der Waals surface area contributed by atoms with Gasteiger partial charge in [-0.1, -0.05) is 6.92 Å². The Hall–Kier alpha value is -0.120. The first kappa shape index (κ1) is 12.9. The first-order valence-electron chi connectivity index (χ1n) is 5.19. The maximum Gasteiger partial charge on any atom is 0.0139 e. The SMILES string of the molecule is CCCN(CCN(C)C)CC(C)N. The Bertz CT molecular complexity index is 113. The van der Waals surface area contributed by atoms with Crippen LogP contribution in [-0.4, -0.2) is 56.1 Å². The Labute approximate surface area is 82.9 Å². The summed E-state index contributed by atoms with van der Waals surface area (Å²) < 4.78 is 0. The monoisotopic (exact) mass is 187 g/mol. The van der Waals surface area contributed by atoms with Crippen LogP contribution in [-0.2, 0) is 0 Å². The summed E-state index contributed by atoms with van der Waals surface area (Å²) in [5.74, 6) is 0. The maximum atomic E-state index is 5.77. The van der Waals surface area contributed by atoms with Gasteiger partial charge in [-0.3, -0.25) is 0 Å². The van der Waals surface area contributed by atoms with Crippen LogP contribution in [0.15, 0.2) is 0 Å². The molecule has 2 N–H and O–H groups in total. The van der Waals surface area contributed by atoms with E-state index >= 15 is 0 Å². The highest BCUT2D eigenvalue weighted by atomic mass is 15.2. The summed E-state index contributed by atoms with van der Waals surface area (Å²) in [6.07, 6.45) is 1.21. The minimum absolute atomic E-state index is 0.286. The van der Waals surface area contributed by atoms with E-state index in [0.717, 1.165) is 26.2 Å². The molecule has 3 heteroatoms. The summed E-state index contributed by atoms with van der Waals surface area (Å²) in [4.78, 5) is 4.65. The first-order chi connectivity index (χ1) is 6.06. The van der Waals surface area contributed by atoms with Crippen molar-refractivity contribution < 1.29 is 0 Å². The Morgan fingerprint density at radius 1 is 1.15 bits per heavy atom. The molecule has 0 aliphatic rings. The molecule has 0 aromatic carbocycles. The lowest BCUT2D eigenvalue weighted by atomic mass is 10.3. The minimum Gasteiger partial charge on any atom is -0.327 e. The van der Waals surface area contributed by atoms with Gasteiger partial charge in [0.05, 0.1) is 0 Å². The van der Waals surface area contributed by atoms with Gasteiger partial charge >= 0.3 is 0 Å². The van der Waals surface area contributed by atoms with Gasteiger partial charge in [0.1, 0.15) is 0 Å². The summed E-state index contributed by atoms with van der Waals surface area (Å²) in [7, 11) is 4.21. The molecule has 0 aliphatic carbocycles. The Balaban J connectivity index is 3.66. The van der Waals surface area contributed by atoms with Gasteiger partial charge in [-0.25, -0.2) is 0 Å². The second kappa shape index (κ2) is 7.30. The summed E-state index contributed by atoms with van der Waals surface area (Å²) in [5, 5.41) is 0. The number of rotatable bonds is 7. The van der Waals surface area contributed by atoms with Gasteiger partial charge in [-0.2, -0.15) is 0 Å². The number of hydrogen-bond acceptors (Lipinski definition) is 3. The smallest absolute Gasteiger partial charge is 0.0139 e. The molecule has 1 unspecified atom stereocenters. The van der Waals surface area contributed by atoms with E-state index in [2.05, 4.69) is 37.7 Å². The van der Waals surface area contributed by atoms with Crippen LogP contribution in [0.25, 0.3) is 0 Å². The summed E-state index contributed by atoms with van der Waals surface area (Å²) in [6, 6.07) is 0.286. The molecule has 80 valence electrons. The van der Waals surface area contributed by atoms with E-state index in [4.69, 9.17) is 5.73 Å². The van der Waals surface area contributed by atoms with Crippen LogP contribution in [0.3, 0.4) is 0 Å². The van der Waals surface area contributed by atoms with Crippen LogP contribution in [0.2, 0.25) is 0 Å². The van der Waals surface area contributed by atoms with Crippen molar-refractivity contribution >= 4 is 0 Å². The van der Waals surface area contributed by atoms with Crippen LogP contribution in [0, 0.1) is 0 Å². The third kappa shape index (κ3) is 8.22. The van der Waals surface area contributed by atoms with Crippen LogP contribution in [0.1, 0.15) is 20.3 Å². The molecular formula is C10H25N3. The highest BCUT2D eigenvalue weighted by molar-refractivity contribution is 4.64. The van der Waals surface area contributed by atoms with E-state index < -0.39 is 0 Å². The van der Waals surface area contributed by atoms with Crippen LogP contribution in [0.4, 0.5) is 0 Å².